The lowest BCUT2D eigenvalue weighted by atomic mass is 9.98. The van der Waals surface area contributed by atoms with Crippen molar-refractivity contribution in [2.45, 2.75) is 51.9 Å². The van der Waals surface area contributed by atoms with E-state index in [2.05, 4.69) is 77.5 Å². The summed E-state index contributed by atoms with van der Waals surface area (Å²) in [5.74, 6) is 0. The van der Waals surface area contributed by atoms with Crippen molar-refractivity contribution < 1.29 is 0 Å². The van der Waals surface area contributed by atoms with E-state index in [0.29, 0.717) is 0 Å². The third-order valence-corrected chi connectivity index (χ3v) is 5.25. The van der Waals surface area contributed by atoms with Crippen LogP contribution in [0.4, 0.5) is 0 Å². The molecule has 0 atom stereocenters. The molecule has 0 fully saturated rings. The maximum Gasteiger partial charge on any atom is 0.0741 e. The molecule has 0 aliphatic carbocycles. The van der Waals surface area contributed by atoms with Crippen LogP contribution in [0.2, 0.25) is 0 Å². The number of pyridine rings is 1. The normalized spacial score (nSPS) is 11.1. The predicted molar refractivity (Wildman–Crippen MR) is 112 cm³/mol. The van der Waals surface area contributed by atoms with E-state index in [1.54, 1.807) is 0 Å². The largest absolute Gasteiger partial charge is 0.248 e. The molecule has 0 saturated heterocycles. The van der Waals surface area contributed by atoms with Crippen LogP contribution in [0.25, 0.3) is 22.2 Å². The predicted octanol–water partition coefficient (Wildman–Crippen LogP) is 7.57. The van der Waals surface area contributed by atoms with E-state index in [0.717, 1.165) is 22.1 Å². The Hall–Kier alpha value is -1.67. The number of hydrogen-bond donors (Lipinski definition) is 0. The highest BCUT2D eigenvalue weighted by atomic mass is 79.9. The molecule has 0 aliphatic heterocycles. The van der Waals surface area contributed by atoms with E-state index < -0.39 is 0 Å². The van der Waals surface area contributed by atoms with Gasteiger partial charge in [0.25, 0.3) is 0 Å². The van der Waals surface area contributed by atoms with Crippen molar-refractivity contribution in [3.63, 3.8) is 0 Å². The highest BCUT2D eigenvalue weighted by Crippen LogP contribution is 2.28. The van der Waals surface area contributed by atoms with Crippen LogP contribution < -0.4 is 0 Å². The van der Waals surface area contributed by atoms with Crippen LogP contribution in [-0.4, -0.2) is 4.98 Å². The van der Waals surface area contributed by atoms with E-state index in [4.69, 9.17) is 4.98 Å². The number of rotatable bonds is 8. The van der Waals surface area contributed by atoms with Gasteiger partial charge >= 0.3 is 0 Å². The standard InChI is InChI=1S/C23H26BrN/c1-2-3-4-5-6-7-11-20-17-19-10-8-9-12-22(19)25-23(20)18-13-15-21(24)16-14-18/h8-10,12-17H,2-7,11H2,1H3. The molecule has 3 aromatic rings. The molecule has 1 nitrogen and oxygen atoms in total. The van der Waals surface area contributed by atoms with Crippen LogP contribution in [0, 0.1) is 0 Å². The number of benzene rings is 2. The number of aryl methyl sites for hydroxylation is 1. The van der Waals surface area contributed by atoms with E-state index in [9.17, 15) is 0 Å². The van der Waals surface area contributed by atoms with Crippen molar-refractivity contribution in [1.29, 1.82) is 0 Å². The van der Waals surface area contributed by atoms with Gasteiger partial charge in [-0.25, -0.2) is 4.98 Å². The van der Waals surface area contributed by atoms with Crippen LogP contribution in [-0.2, 0) is 6.42 Å². The molecule has 0 aliphatic rings. The van der Waals surface area contributed by atoms with Crippen LogP contribution in [0.3, 0.4) is 0 Å². The van der Waals surface area contributed by atoms with Gasteiger partial charge in [0, 0.05) is 15.4 Å². The Morgan fingerprint density at radius 1 is 0.840 bits per heavy atom. The molecule has 0 amide bonds. The first-order valence-electron chi connectivity index (χ1n) is 9.42. The topological polar surface area (TPSA) is 12.9 Å². The average molecular weight is 396 g/mol. The summed E-state index contributed by atoms with van der Waals surface area (Å²) < 4.78 is 1.11. The molecular weight excluding hydrogens is 370 g/mol. The summed E-state index contributed by atoms with van der Waals surface area (Å²) in [6.07, 6.45) is 9.05. The first-order chi connectivity index (χ1) is 12.3. The lowest BCUT2D eigenvalue weighted by Gasteiger charge is -2.11. The lowest BCUT2D eigenvalue weighted by Crippen LogP contribution is -1.96. The number of nitrogens with zero attached hydrogens (tertiary/aromatic N) is 1. The second kappa shape index (κ2) is 9.15. The number of para-hydroxylation sites is 1. The van der Waals surface area contributed by atoms with Crippen molar-refractivity contribution in [3.8, 4) is 11.3 Å². The van der Waals surface area contributed by atoms with E-state index in [-0.39, 0.29) is 0 Å². The molecule has 0 spiro atoms. The molecular formula is C23H26BrN. The molecule has 1 heterocycles. The summed E-state index contributed by atoms with van der Waals surface area (Å²) in [6, 6.07) is 19.3. The number of halogens is 1. The Labute approximate surface area is 159 Å². The van der Waals surface area contributed by atoms with Crippen molar-refractivity contribution in [2.24, 2.45) is 0 Å². The van der Waals surface area contributed by atoms with E-state index in [1.807, 2.05) is 0 Å². The fourth-order valence-corrected chi connectivity index (χ4v) is 3.57. The minimum absolute atomic E-state index is 1.08. The third-order valence-electron chi connectivity index (χ3n) is 4.72. The first kappa shape index (κ1) is 18.1. The molecule has 0 saturated carbocycles. The fourth-order valence-electron chi connectivity index (χ4n) is 3.30. The second-order valence-corrected chi connectivity index (χ2v) is 7.63. The van der Waals surface area contributed by atoms with Crippen molar-refractivity contribution in [3.05, 3.63) is 64.6 Å². The average Bonchev–Trinajstić information content (AvgIpc) is 2.64. The zero-order valence-corrected chi connectivity index (χ0v) is 16.6. The van der Waals surface area contributed by atoms with Gasteiger partial charge in [0.15, 0.2) is 0 Å². The van der Waals surface area contributed by atoms with Gasteiger partial charge in [0.05, 0.1) is 11.2 Å². The zero-order valence-electron chi connectivity index (χ0n) is 15.0. The molecule has 0 radical (unpaired) electrons. The van der Waals surface area contributed by atoms with Crippen molar-refractivity contribution in [1.82, 2.24) is 4.98 Å². The summed E-state index contributed by atoms with van der Waals surface area (Å²) in [6.45, 7) is 2.27. The SMILES string of the molecule is CCCCCCCCc1cc2ccccc2nc1-c1ccc(Br)cc1. The summed E-state index contributed by atoms with van der Waals surface area (Å²) in [7, 11) is 0. The zero-order chi connectivity index (χ0) is 17.5. The van der Waals surface area contributed by atoms with Gasteiger partial charge in [-0.1, -0.05) is 85.3 Å². The Morgan fingerprint density at radius 2 is 1.56 bits per heavy atom. The smallest absolute Gasteiger partial charge is 0.0741 e. The van der Waals surface area contributed by atoms with Crippen LogP contribution in [0.5, 0.6) is 0 Å². The second-order valence-electron chi connectivity index (χ2n) is 6.71. The maximum absolute atomic E-state index is 4.99. The highest BCUT2D eigenvalue weighted by molar-refractivity contribution is 9.10. The maximum atomic E-state index is 4.99. The Balaban J connectivity index is 1.83. The Bertz CT molecular complexity index is 808. The number of aromatic nitrogens is 1. The Morgan fingerprint density at radius 3 is 2.36 bits per heavy atom. The van der Waals surface area contributed by atoms with Gasteiger partial charge in [0.1, 0.15) is 0 Å². The quantitative estimate of drug-likeness (QED) is 0.358. The van der Waals surface area contributed by atoms with Gasteiger partial charge in [-0.3, -0.25) is 0 Å². The van der Waals surface area contributed by atoms with Crippen LogP contribution in [0.15, 0.2) is 59.1 Å². The van der Waals surface area contributed by atoms with Crippen molar-refractivity contribution >= 4 is 26.8 Å². The van der Waals surface area contributed by atoms with Gasteiger partial charge in [-0.05, 0) is 42.7 Å². The van der Waals surface area contributed by atoms with Crippen LogP contribution >= 0.6 is 15.9 Å². The molecule has 1 aromatic heterocycles. The summed E-state index contributed by atoms with van der Waals surface area (Å²) in [5, 5.41) is 1.24. The monoisotopic (exact) mass is 395 g/mol. The molecule has 0 bridgehead atoms. The Kier molecular flexibility index (Phi) is 6.63. The van der Waals surface area contributed by atoms with Gasteiger partial charge < -0.3 is 0 Å². The van der Waals surface area contributed by atoms with E-state index >= 15 is 0 Å². The van der Waals surface area contributed by atoms with Gasteiger partial charge in [0.2, 0.25) is 0 Å². The van der Waals surface area contributed by atoms with Crippen LogP contribution in [0.1, 0.15) is 51.0 Å². The van der Waals surface area contributed by atoms with Gasteiger partial charge in [-0.15, -0.1) is 0 Å². The lowest BCUT2D eigenvalue weighted by molar-refractivity contribution is 0.607. The fraction of sp³-hybridized carbons (Fsp3) is 0.348. The molecule has 0 unspecified atom stereocenters. The number of unbranched alkanes of at least 4 members (excludes halogenated alkanes) is 5. The first-order valence-corrected chi connectivity index (χ1v) is 10.2. The minimum atomic E-state index is 1.08. The van der Waals surface area contributed by atoms with Crippen molar-refractivity contribution in [2.75, 3.05) is 0 Å². The minimum Gasteiger partial charge on any atom is -0.248 e. The molecule has 2 aromatic carbocycles. The molecule has 25 heavy (non-hydrogen) atoms. The van der Waals surface area contributed by atoms with E-state index in [1.165, 1.54) is 55.0 Å². The number of hydrogen-bond acceptors (Lipinski definition) is 1. The molecule has 0 N–H and O–H groups in total. The molecule has 3 rings (SSSR count). The van der Waals surface area contributed by atoms with Gasteiger partial charge in [-0.2, -0.15) is 0 Å². The summed E-state index contributed by atoms with van der Waals surface area (Å²) in [4.78, 5) is 4.99. The molecule has 2 heteroatoms. The summed E-state index contributed by atoms with van der Waals surface area (Å²) >= 11 is 3.53. The summed E-state index contributed by atoms with van der Waals surface area (Å²) in [5.41, 5.74) is 4.79. The molecule has 130 valence electrons. The highest BCUT2D eigenvalue weighted by Gasteiger charge is 2.09. The number of fused-ring (bicyclic) bond motifs is 1. The third kappa shape index (κ3) is 4.92.